The molecule has 0 spiro atoms. The van der Waals surface area contributed by atoms with Crippen LogP contribution in [-0.4, -0.2) is 23.3 Å². The number of aryl methyl sites for hydroxylation is 2. The summed E-state index contributed by atoms with van der Waals surface area (Å²) >= 11 is 7.66. The summed E-state index contributed by atoms with van der Waals surface area (Å²) in [6.45, 7) is 0.810. The number of benzene rings is 1. The van der Waals surface area contributed by atoms with Gasteiger partial charge in [0.15, 0.2) is 10.2 Å². The predicted molar refractivity (Wildman–Crippen MR) is 153 cm³/mol. The number of azide groups is 2. The van der Waals surface area contributed by atoms with Gasteiger partial charge in [0.2, 0.25) is 0 Å². The fourth-order valence-electron chi connectivity index (χ4n) is 4.40. The Bertz CT molecular complexity index is 839. The summed E-state index contributed by atoms with van der Waals surface area (Å²) in [7, 11) is 0. The SMILES string of the molecule is [N-]=[N+]=NCCc1cc(CCCCCCCC(=O)S)c(CCCCCCCC(=O)S)cc1CCN=[N+]=[N-]. The molecule has 0 saturated heterocycles. The van der Waals surface area contributed by atoms with Gasteiger partial charge in [0.1, 0.15) is 0 Å². The molecule has 0 N–H and O–H groups in total. The molecule has 8 nitrogen and oxygen atoms in total. The smallest absolute Gasteiger partial charge is 0.185 e. The van der Waals surface area contributed by atoms with Gasteiger partial charge in [-0.2, -0.15) is 0 Å². The van der Waals surface area contributed by atoms with Gasteiger partial charge in [0, 0.05) is 35.8 Å². The third-order valence-corrected chi connectivity index (χ3v) is 6.73. The first kappa shape index (κ1) is 31.9. The van der Waals surface area contributed by atoms with Crippen molar-refractivity contribution in [3.8, 4) is 0 Å². The molecule has 0 saturated carbocycles. The van der Waals surface area contributed by atoms with Crippen LogP contribution in [-0.2, 0) is 35.3 Å². The predicted octanol–water partition coefficient (Wildman–Crippen LogP) is 8.07. The first-order valence-corrected chi connectivity index (χ1v) is 14.0. The van der Waals surface area contributed by atoms with Gasteiger partial charge in [0.25, 0.3) is 0 Å². The number of carbonyl (C=O) groups excluding carboxylic acids is 2. The monoisotopic (exact) mass is 532 g/mol. The van der Waals surface area contributed by atoms with Gasteiger partial charge < -0.3 is 0 Å². The molecule has 0 amide bonds. The van der Waals surface area contributed by atoms with Gasteiger partial charge in [-0.15, -0.1) is 25.3 Å². The van der Waals surface area contributed by atoms with Crippen molar-refractivity contribution in [2.75, 3.05) is 13.1 Å². The number of rotatable bonds is 22. The van der Waals surface area contributed by atoms with E-state index < -0.39 is 0 Å². The van der Waals surface area contributed by atoms with Crippen LogP contribution in [0.5, 0.6) is 0 Å². The van der Waals surface area contributed by atoms with E-state index in [-0.39, 0.29) is 10.2 Å². The summed E-state index contributed by atoms with van der Waals surface area (Å²) in [5, 5.41) is 7.35. The van der Waals surface area contributed by atoms with Crippen LogP contribution in [0.1, 0.15) is 99.3 Å². The quantitative estimate of drug-likeness (QED) is 0.0514. The molecule has 1 rings (SSSR count). The topological polar surface area (TPSA) is 132 Å². The lowest BCUT2D eigenvalue weighted by atomic mass is 9.89. The van der Waals surface area contributed by atoms with E-state index in [9.17, 15) is 9.59 Å². The van der Waals surface area contributed by atoms with E-state index in [2.05, 4.69) is 57.4 Å². The lowest BCUT2D eigenvalue weighted by molar-refractivity contribution is -0.111. The van der Waals surface area contributed by atoms with E-state index in [1.165, 1.54) is 11.1 Å². The second-order valence-corrected chi connectivity index (χ2v) is 10.1. The van der Waals surface area contributed by atoms with Crippen LogP contribution >= 0.6 is 25.3 Å². The molecule has 0 heterocycles. The molecular weight excluding hydrogens is 492 g/mol. The Balaban J connectivity index is 2.83. The zero-order chi connectivity index (χ0) is 26.4. The van der Waals surface area contributed by atoms with Gasteiger partial charge >= 0.3 is 0 Å². The summed E-state index contributed by atoms with van der Waals surface area (Å²) < 4.78 is 0. The molecule has 1 aromatic rings. The van der Waals surface area contributed by atoms with E-state index in [0.717, 1.165) is 88.2 Å². The molecule has 198 valence electrons. The second-order valence-electron chi connectivity index (χ2n) is 9.12. The zero-order valence-electron chi connectivity index (χ0n) is 21.3. The maximum absolute atomic E-state index is 11.0. The number of hydrogen-bond acceptors (Lipinski definition) is 4. The van der Waals surface area contributed by atoms with Crippen LogP contribution in [0, 0.1) is 0 Å². The summed E-state index contributed by atoms with van der Waals surface area (Å²) in [6, 6.07) is 4.54. The average Bonchev–Trinajstić information content (AvgIpc) is 2.84. The van der Waals surface area contributed by atoms with Crippen molar-refractivity contribution in [1.82, 2.24) is 0 Å². The third kappa shape index (κ3) is 15.8. The van der Waals surface area contributed by atoms with Gasteiger partial charge in [-0.25, -0.2) is 0 Å². The van der Waals surface area contributed by atoms with E-state index in [1.54, 1.807) is 0 Å². The van der Waals surface area contributed by atoms with Crippen molar-refractivity contribution in [2.24, 2.45) is 10.2 Å². The van der Waals surface area contributed by atoms with Crippen molar-refractivity contribution in [1.29, 1.82) is 0 Å². The molecule has 0 aliphatic carbocycles. The van der Waals surface area contributed by atoms with E-state index in [4.69, 9.17) is 11.1 Å². The summed E-state index contributed by atoms with van der Waals surface area (Å²) in [5.41, 5.74) is 22.4. The van der Waals surface area contributed by atoms with Crippen LogP contribution in [0.25, 0.3) is 20.9 Å². The highest BCUT2D eigenvalue weighted by atomic mass is 32.1. The minimum Gasteiger partial charge on any atom is -0.288 e. The third-order valence-electron chi connectivity index (χ3n) is 6.28. The van der Waals surface area contributed by atoms with Gasteiger partial charge in [-0.1, -0.05) is 60.9 Å². The van der Waals surface area contributed by atoms with Crippen molar-refractivity contribution < 1.29 is 9.59 Å². The van der Waals surface area contributed by atoms with Crippen molar-refractivity contribution >= 4 is 35.5 Å². The molecule has 0 fully saturated rings. The lowest BCUT2D eigenvalue weighted by Crippen LogP contribution is -2.05. The molecule has 1 aromatic carbocycles. The van der Waals surface area contributed by atoms with Crippen LogP contribution < -0.4 is 0 Å². The van der Waals surface area contributed by atoms with Crippen LogP contribution in [0.4, 0.5) is 0 Å². The Kier molecular flexibility index (Phi) is 18.6. The minimum absolute atomic E-state index is 0.0383. The van der Waals surface area contributed by atoms with Gasteiger partial charge in [-0.3, -0.25) is 9.59 Å². The number of thiol groups is 2. The molecule has 0 atom stereocenters. The Morgan fingerprint density at radius 1 is 0.583 bits per heavy atom. The Labute approximate surface area is 226 Å². The number of hydrogen-bond donors (Lipinski definition) is 2. The highest BCUT2D eigenvalue weighted by molar-refractivity contribution is 7.96. The first-order chi connectivity index (χ1) is 17.5. The Morgan fingerprint density at radius 3 is 1.28 bits per heavy atom. The fourth-order valence-corrected chi connectivity index (χ4v) is 4.71. The normalized spacial score (nSPS) is 10.5. The van der Waals surface area contributed by atoms with Crippen molar-refractivity contribution in [3.05, 3.63) is 55.3 Å². The van der Waals surface area contributed by atoms with E-state index in [0.29, 0.717) is 38.8 Å². The fraction of sp³-hybridized carbons (Fsp3) is 0.692. The minimum atomic E-state index is -0.0383. The molecule has 0 unspecified atom stereocenters. The molecule has 0 radical (unpaired) electrons. The number of unbranched alkanes of at least 4 members (excludes halogenated alkanes) is 8. The zero-order valence-corrected chi connectivity index (χ0v) is 23.1. The maximum atomic E-state index is 11.0. The molecule has 0 aliphatic heterocycles. The number of nitrogens with zero attached hydrogens (tertiary/aromatic N) is 6. The summed E-state index contributed by atoms with van der Waals surface area (Å²) in [6.07, 6.45) is 15.0. The summed E-state index contributed by atoms with van der Waals surface area (Å²) in [5.74, 6) is 0. The van der Waals surface area contributed by atoms with Crippen LogP contribution in [0.15, 0.2) is 22.4 Å². The first-order valence-electron chi connectivity index (χ1n) is 13.1. The van der Waals surface area contributed by atoms with Gasteiger partial charge in [-0.05, 0) is 84.7 Å². The molecule has 10 heteroatoms. The number of carbonyl (C=O) groups is 2. The molecule has 0 aliphatic rings. The highest BCUT2D eigenvalue weighted by Gasteiger charge is 2.11. The van der Waals surface area contributed by atoms with E-state index in [1.807, 2.05) is 0 Å². The standard InChI is InChI=1S/C26H40N6O2S2/c27-31-29-17-15-23-19-21(11-7-3-1-5-9-13-25(33)35)22(20-24(23)16-18-30-32-28)12-8-4-2-6-10-14-26(34)36/h19-20H,1-18H2,(H,33,35)(H,34,36). The van der Waals surface area contributed by atoms with E-state index >= 15 is 0 Å². The molecule has 36 heavy (non-hydrogen) atoms. The van der Waals surface area contributed by atoms with Crippen LogP contribution in [0.2, 0.25) is 0 Å². The highest BCUT2D eigenvalue weighted by Crippen LogP contribution is 2.24. The largest absolute Gasteiger partial charge is 0.288 e. The maximum Gasteiger partial charge on any atom is 0.185 e. The van der Waals surface area contributed by atoms with Crippen molar-refractivity contribution in [3.63, 3.8) is 0 Å². The Hall–Kier alpha value is -2.12. The van der Waals surface area contributed by atoms with Crippen molar-refractivity contribution in [2.45, 2.75) is 103 Å². The molecular formula is C26H40N6O2S2. The van der Waals surface area contributed by atoms with Crippen LogP contribution in [0.3, 0.4) is 0 Å². The molecule has 0 aromatic heterocycles. The average molecular weight is 533 g/mol. The summed E-state index contributed by atoms with van der Waals surface area (Å²) in [4.78, 5) is 27.7. The second kappa shape index (κ2) is 21.0. The van der Waals surface area contributed by atoms with Gasteiger partial charge in [0.05, 0.1) is 0 Å². The molecule has 0 bridgehead atoms. The Morgan fingerprint density at radius 2 is 0.917 bits per heavy atom. The lowest BCUT2D eigenvalue weighted by Gasteiger charge is -2.17.